The third-order valence-electron chi connectivity index (χ3n) is 23.3. The van der Waals surface area contributed by atoms with Gasteiger partial charge in [-0.15, -0.1) is 22.7 Å². The van der Waals surface area contributed by atoms with Gasteiger partial charge in [0.15, 0.2) is 0 Å². The summed E-state index contributed by atoms with van der Waals surface area (Å²) in [5, 5.41) is 5.02. The van der Waals surface area contributed by atoms with E-state index in [1.54, 1.807) is 0 Å². The lowest BCUT2D eigenvalue weighted by molar-refractivity contribution is 1.22. The molecule has 0 bridgehead atoms. The number of nitrogens with zero attached hydrogens (tertiary/aromatic N) is 6. The predicted molar refractivity (Wildman–Crippen MR) is 481 cm³/mol. The molecule has 0 radical (unpaired) electrons. The number of benzene rings is 17. The van der Waals surface area contributed by atoms with Crippen LogP contribution in [0.4, 0.5) is 102 Å². The van der Waals surface area contributed by atoms with Crippen LogP contribution in [0.3, 0.4) is 0 Å². The number of anilines is 18. The average molecular weight is 1460 g/mol. The third kappa shape index (κ3) is 9.92. The molecule has 6 heterocycles. The molecule has 0 fully saturated rings. The van der Waals surface area contributed by atoms with Gasteiger partial charge in [-0.25, -0.2) is 0 Å². The molecule has 0 saturated carbocycles. The van der Waals surface area contributed by atoms with Crippen molar-refractivity contribution in [1.82, 2.24) is 0 Å². The maximum atomic E-state index is 2.66. The number of hydrogen-bond acceptors (Lipinski definition) is 8. The van der Waals surface area contributed by atoms with Crippen molar-refractivity contribution in [1.29, 1.82) is 0 Å². The van der Waals surface area contributed by atoms with Crippen molar-refractivity contribution in [2.24, 2.45) is 0 Å². The van der Waals surface area contributed by atoms with Gasteiger partial charge in [-0.05, 0) is 171 Å². The van der Waals surface area contributed by atoms with E-state index in [-0.39, 0.29) is 13.4 Å². The quantitative estimate of drug-likeness (QED) is 0.113. The number of fused-ring (bicyclic) bond motifs is 14. The molecule has 0 N–H and O–H groups in total. The summed E-state index contributed by atoms with van der Waals surface area (Å²) < 4.78 is 5.00. The highest BCUT2D eigenvalue weighted by Gasteiger charge is 2.49. The van der Waals surface area contributed by atoms with Crippen LogP contribution in [0.25, 0.3) is 62.6 Å². The lowest BCUT2D eigenvalue weighted by atomic mass is 9.30. The minimum absolute atomic E-state index is 0.219. The summed E-state index contributed by atoms with van der Waals surface area (Å²) in [4.78, 5) is 15.5. The monoisotopic (exact) mass is 1460 g/mol. The lowest BCUT2D eigenvalue weighted by Gasteiger charge is -2.48. The normalized spacial score (nSPS) is 12.9. The molecule has 19 aromatic rings. The van der Waals surface area contributed by atoms with E-state index in [0.717, 1.165) is 125 Å². The maximum absolute atomic E-state index is 2.66. The molecule has 2 aromatic heterocycles. The second-order valence-corrected chi connectivity index (χ2v) is 31.5. The number of hydrogen-bond donors (Lipinski definition) is 0. The summed E-state index contributed by atoms with van der Waals surface area (Å²) in [6, 6.07) is 150. The molecule has 0 spiro atoms. The molecule has 4 aliphatic rings. The van der Waals surface area contributed by atoms with Crippen molar-refractivity contribution in [2.45, 2.75) is 0 Å². The Kier molecular flexibility index (Phi) is 14.8. The Balaban J connectivity index is 0.842. The van der Waals surface area contributed by atoms with Crippen LogP contribution in [0.5, 0.6) is 0 Å². The van der Waals surface area contributed by atoms with Gasteiger partial charge in [-0.3, -0.25) is 0 Å². The first-order valence-electron chi connectivity index (χ1n) is 38.5. The zero-order valence-corrected chi connectivity index (χ0v) is 62.4. The van der Waals surface area contributed by atoms with Crippen molar-refractivity contribution in [3.05, 3.63) is 400 Å². The van der Waals surface area contributed by atoms with E-state index in [2.05, 4.69) is 430 Å². The lowest BCUT2D eigenvalue weighted by Crippen LogP contribution is -2.65. The average Bonchev–Trinajstić information content (AvgIpc) is 0.757. The molecule has 112 heavy (non-hydrogen) atoms. The second kappa shape index (κ2) is 25.9. The molecule has 522 valence electrons. The van der Waals surface area contributed by atoms with Crippen LogP contribution in [0.15, 0.2) is 400 Å². The zero-order valence-electron chi connectivity index (χ0n) is 60.8. The minimum atomic E-state index is -0.251. The first-order valence-corrected chi connectivity index (χ1v) is 40.1. The molecule has 23 rings (SSSR count). The van der Waals surface area contributed by atoms with E-state index in [9.17, 15) is 0 Å². The van der Waals surface area contributed by atoms with Gasteiger partial charge in [-0.1, -0.05) is 273 Å². The Morgan fingerprint density at radius 2 is 0.580 bits per heavy atom. The van der Waals surface area contributed by atoms with Crippen LogP contribution < -0.4 is 62.2 Å². The molecule has 0 aliphatic carbocycles. The molecule has 0 atom stereocenters. The number of rotatable bonds is 12. The fraction of sp³-hybridized carbons (Fsp3) is 0. The fourth-order valence-electron chi connectivity index (χ4n) is 18.7. The Labute approximate surface area is 658 Å². The molecule has 10 heteroatoms. The molecule has 0 amide bonds. The van der Waals surface area contributed by atoms with E-state index in [1.165, 1.54) is 73.1 Å². The van der Waals surface area contributed by atoms with E-state index in [4.69, 9.17) is 0 Å². The SMILES string of the molecule is c1ccc(-c2cccc(-c3ccccc3)c2N(c2ccccc2)c2cc3c4c(c2)N(c2cccc5c2sc2ccccc25)c2ccccc2B4c2cc4c(cc2N3c2ccccc2)N(c2ccccc2)c2cc(N(c3ccccc3)c3cccc5c3sc3ccccc35)cc3c2B4c2ccccc2N3c2ccccc2)cc1. The molecule has 0 unspecified atom stereocenters. The maximum Gasteiger partial charge on any atom is 0.252 e. The third-order valence-corrected chi connectivity index (χ3v) is 25.7. The molecule has 0 saturated heterocycles. The predicted octanol–water partition coefficient (Wildman–Crippen LogP) is 24.9. The first kappa shape index (κ1) is 64.1. The Morgan fingerprint density at radius 3 is 1.09 bits per heavy atom. The Bertz CT molecular complexity index is 6890. The largest absolute Gasteiger partial charge is 0.311 e. The zero-order chi connectivity index (χ0) is 73.5. The van der Waals surface area contributed by atoms with Crippen molar-refractivity contribution >= 4 is 212 Å². The van der Waals surface area contributed by atoms with Crippen LogP contribution in [0.1, 0.15) is 0 Å². The molecular weight excluding hydrogens is 1390 g/mol. The summed E-state index contributed by atoms with van der Waals surface area (Å²) in [6.07, 6.45) is 0. The standard InChI is InChI=1S/C102H66B2N6S2/c1-8-33-67(34-9-1)76-49-30-50-77(68-35-10-2-11-36-68)100(76)106(70-39-14-4-15-40-70)75-63-94-99-95(64-75)110(89-58-32-52-81-79-48-23-29-60-97(79)112-102(81)89)87-56-27-25-54-83(87)104(99)85-65-84-90(66-91(85)109(94)73-45-20-7-21-46-73)108(72-43-18-6-19-44-72)93-62-74(61-92-98(93)103(84)82-53-24-26-55-86(82)107(92)71-41-16-5-17-42-71)105(69-37-12-3-13-38-69)88-57-31-51-80-78-47-22-28-59-96(78)111-101(80)88/h1-66H. The number of para-hydroxylation sites is 8. The summed E-state index contributed by atoms with van der Waals surface area (Å²) in [6.45, 7) is -0.469. The summed E-state index contributed by atoms with van der Waals surface area (Å²) in [5.41, 5.74) is 31.7. The second-order valence-electron chi connectivity index (χ2n) is 29.4. The highest BCUT2D eigenvalue weighted by Crippen LogP contribution is 2.56. The molecule has 6 nitrogen and oxygen atoms in total. The topological polar surface area (TPSA) is 19.4 Å². The summed E-state index contributed by atoms with van der Waals surface area (Å²) in [5.74, 6) is 0. The molecule has 4 aliphatic heterocycles. The first-order chi connectivity index (χ1) is 55.6. The highest BCUT2D eigenvalue weighted by atomic mass is 32.1. The summed E-state index contributed by atoms with van der Waals surface area (Å²) >= 11 is 3.75. The van der Waals surface area contributed by atoms with Crippen LogP contribution in [-0.2, 0) is 0 Å². The van der Waals surface area contributed by atoms with Crippen LogP contribution >= 0.6 is 22.7 Å². The van der Waals surface area contributed by atoms with Gasteiger partial charge < -0.3 is 29.4 Å². The van der Waals surface area contributed by atoms with E-state index < -0.39 is 0 Å². The smallest absolute Gasteiger partial charge is 0.252 e. The van der Waals surface area contributed by atoms with Gasteiger partial charge in [-0.2, -0.15) is 0 Å². The van der Waals surface area contributed by atoms with Gasteiger partial charge in [0, 0.05) is 116 Å². The highest BCUT2D eigenvalue weighted by molar-refractivity contribution is 7.27. The molecule has 17 aromatic carbocycles. The van der Waals surface area contributed by atoms with Gasteiger partial charge in [0.1, 0.15) is 0 Å². The van der Waals surface area contributed by atoms with Crippen LogP contribution in [0.2, 0.25) is 0 Å². The van der Waals surface area contributed by atoms with Crippen molar-refractivity contribution in [2.75, 3.05) is 29.4 Å². The molecular formula is C102H66B2N6S2. The number of thiophene rings is 2. The Morgan fingerprint density at radius 1 is 0.223 bits per heavy atom. The van der Waals surface area contributed by atoms with Crippen LogP contribution in [0, 0.1) is 0 Å². The van der Waals surface area contributed by atoms with Gasteiger partial charge in [0.2, 0.25) is 0 Å². The van der Waals surface area contributed by atoms with Crippen molar-refractivity contribution in [3.8, 4) is 22.3 Å². The van der Waals surface area contributed by atoms with Crippen molar-refractivity contribution < 1.29 is 0 Å². The van der Waals surface area contributed by atoms with E-state index in [1.807, 2.05) is 22.7 Å². The van der Waals surface area contributed by atoms with E-state index >= 15 is 0 Å². The van der Waals surface area contributed by atoms with Gasteiger partial charge in [0.25, 0.3) is 13.4 Å². The van der Waals surface area contributed by atoms with Crippen molar-refractivity contribution in [3.63, 3.8) is 0 Å². The van der Waals surface area contributed by atoms with Gasteiger partial charge in [0.05, 0.1) is 37.8 Å². The Hall–Kier alpha value is -13.9. The van der Waals surface area contributed by atoms with E-state index in [0.29, 0.717) is 0 Å². The minimum Gasteiger partial charge on any atom is -0.311 e. The fourth-order valence-corrected chi connectivity index (χ4v) is 21.1. The van der Waals surface area contributed by atoms with Crippen LogP contribution in [-0.4, -0.2) is 13.4 Å². The van der Waals surface area contributed by atoms with Gasteiger partial charge >= 0.3 is 0 Å². The summed E-state index contributed by atoms with van der Waals surface area (Å²) in [7, 11) is 0.